The van der Waals surface area contributed by atoms with Crippen LogP contribution in [0, 0.1) is 5.92 Å². The molecule has 1 aromatic heterocycles. The number of piperidine rings is 1. The Balaban J connectivity index is 1.25. The van der Waals surface area contributed by atoms with Gasteiger partial charge in [0.05, 0.1) is 12.1 Å². The number of imidazole rings is 1. The van der Waals surface area contributed by atoms with Gasteiger partial charge >= 0.3 is 0 Å². The first-order valence-corrected chi connectivity index (χ1v) is 11.2. The van der Waals surface area contributed by atoms with Crippen LogP contribution in [0.3, 0.4) is 0 Å². The van der Waals surface area contributed by atoms with Crippen molar-refractivity contribution < 1.29 is 14.3 Å². The molecule has 1 aromatic carbocycles. The van der Waals surface area contributed by atoms with E-state index in [2.05, 4.69) is 15.2 Å². The van der Waals surface area contributed by atoms with Crippen molar-refractivity contribution in [2.75, 3.05) is 19.8 Å². The molecule has 3 aliphatic heterocycles. The number of ether oxygens (including phenoxy) is 2. The van der Waals surface area contributed by atoms with E-state index in [4.69, 9.17) is 14.5 Å². The predicted octanol–water partition coefficient (Wildman–Crippen LogP) is 3.03. The quantitative estimate of drug-likeness (QED) is 0.807. The molecule has 3 atom stereocenters. The van der Waals surface area contributed by atoms with Crippen LogP contribution in [0.1, 0.15) is 52.3 Å². The van der Waals surface area contributed by atoms with Gasteiger partial charge in [-0.2, -0.15) is 0 Å². The number of fused-ring (bicyclic) bond motifs is 5. The van der Waals surface area contributed by atoms with E-state index in [9.17, 15) is 4.79 Å². The van der Waals surface area contributed by atoms with E-state index in [1.165, 1.54) is 12.8 Å². The minimum Gasteiger partial charge on any atom is -0.486 e. The molecule has 2 bridgehead atoms. The zero-order valence-corrected chi connectivity index (χ0v) is 18.2. The number of carbonyl (C=O) groups is 1. The maximum absolute atomic E-state index is 12.4. The molecule has 0 radical (unpaired) electrons. The molecule has 2 aromatic rings. The summed E-state index contributed by atoms with van der Waals surface area (Å²) >= 11 is 0. The second kappa shape index (κ2) is 7.45. The summed E-state index contributed by atoms with van der Waals surface area (Å²) in [6.07, 6.45) is 5.60. The van der Waals surface area contributed by atoms with Crippen LogP contribution < -0.4 is 14.8 Å². The van der Waals surface area contributed by atoms with Crippen LogP contribution in [0.5, 0.6) is 11.5 Å². The maximum atomic E-state index is 12.4. The Kier molecular flexibility index (Phi) is 4.88. The lowest BCUT2D eigenvalue weighted by Crippen LogP contribution is -2.51. The molecule has 0 spiro atoms. The lowest BCUT2D eigenvalue weighted by molar-refractivity contribution is -0.125. The number of hydrogen-bond acceptors (Lipinski definition) is 5. The van der Waals surface area contributed by atoms with Crippen LogP contribution in [-0.4, -0.2) is 58.2 Å². The fourth-order valence-corrected chi connectivity index (χ4v) is 5.44. The lowest BCUT2D eigenvalue weighted by Gasteiger charge is -2.38. The molecule has 1 amide bonds. The van der Waals surface area contributed by atoms with E-state index in [-0.39, 0.29) is 11.4 Å². The van der Waals surface area contributed by atoms with E-state index in [0.717, 1.165) is 47.6 Å². The zero-order chi connectivity index (χ0) is 20.9. The second-order valence-electron chi connectivity index (χ2n) is 10.1. The second-order valence-corrected chi connectivity index (χ2v) is 10.1. The lowest BCUT2D eigenvalue weighted by atomic mass is 9.88. The van der Waals surface area contributed by atoms with Gasteiger partial charge in [0.1, 0.15) is 24.6 Å². The van der Waals surface area contributed by atoms with Gasteiger partial charge in [-0.25, -0.2) is 4.98 Å². The third-order valence-electron chi connectivity index (χ3n) is 6.51. The summed E-state index contributed by atoms with van der Waals surface area (Å²) in [5.74, 6) is 3.31. The summed E-state index contributed by atoms with van der Waals surface area (Å²) in [6, 6.07) is 5.00. The molecule has 7 nitrogen and oxygen atoms in total. The van der Waals surface area contributed by atoms with E-state index in [0.29, 0.717) is 37.8 Å². The number of H-pyrrole nitrogens is 1. The molecule has 7 heteroatoms. The van der Waals surface area contributed by atoms with Gasteiger partial charge in [0.15, 0.2) is 11.5 Å². The summed E-state index contributed by atoms with van der Waals surface area (Å²) in [5, 5.41) is 3.11. The zero-order valence-electron chi connectivity index (χ0n) is 18.2. The Bertz CT molecular complexity index is 934. The largest absolute Gasteiger partial charge is 0.486 e. The Morgan fingerprint density at radius 3 is 2.67 bits per heavy atom. The van der Waals surface area contributed by atoms with Crippen molar-refractivity contribution in [3.63, 3.8) is 0 Å². The number of benzene rings is 1. The normalized spacial score (nSPS) is 26.2. The van der Waals surface area contributed by atoms with Gasteiger partial charge in [0.25, 0.3) is 0 Å². The van der Waals surface area contributed by atoms with Crippen LogP contribution in [-0.2, 0) is 11.2 Å². The highest BCUT2D eigenvalue weighted by molar-refractivity contribution is 5.85. The molecule has 162 valence electrons. The first-order chi connectivity index (χ1) is 14.4. The highest BCUT2D eigenvalue weighted by atomic mass is 16.6. The van der Waals surface area contributed by atoms with Crippen molar-refractivity contribution in [1.29, 1.82) is 0 Å². The molecule has 3 aliphatic rings. The summed E-state index contributed by atoms with van der Waals surface area (Å²) in [6.45, 7) is 7.78. The molecule has 4 heterocycles. The topological polar surface area (TPSA) is 79.5 Å². The Morgan fingerprint density at radius 2 is 1.93 bits per heavy atom. The van der Waals surface area contributed by atoms with Crippen molar-refractivity contribution in [3.05, 3.63) is 18.0 Å². The molecule has 0 unspecified atom stereocenters. The third-order valence-corrected chi connectivity index (χ3v) is 6.51. The van der Waals surface area contributed by atoms with Gasteiger partial charge < -0.3 is 19.8 Å². The number of aromatic nitrogens is 2. The highest BCUT2D eigenvalue weighted by Gasteiger charge is 2.41. The Morgan fingerprint density at radius 1 is 1.20 bits per heavy atom. The molecule has 0 saturated carbocycles. The van der Waals surface area contributed by atoms with Crippen LogP contribution in [0.25, 0.3) is 11.0 Å². The number of aromatic amines is 1. The molecular weight excluding hydrogens is 380 g/mol. The molecule has 2 N–H and O–H groups in total. The van der Waals surface area contributed by atoms with Crippen LogP contribution in [0.4, 0.5) is 0 Å². The summed E-state index contributed by atoms with van der Waals surface area (Å²) in [5.41, 5.74) is 1.71. The molecule has 30 heavy (non-hydrogen) atoms. The van der Waals surface area contributed by atoms with Crippen molar-refractivity contribution in [2.24, 2.45) is 5.92 Å². The average Bonchev–Trinajstić information content (AvgIpc) is 3.17. The van der Waals surface area contributed by atoms with Crippen molar-refractivity contribution in [2.45, 2.75) is 70.5 Å². The van der Waals surface area contributed by atoms with E-state index >= 15 is 0 Å². The number of amides is 1. The first-order valence-electron chi connectivity index (χ1n) is 11.2. The van der Waals surface area contributed by atoms with Crippen molar-refractivity contribution in [3.8, 4) is 11.5 Å². The standard InChI is InChI=1S/C23H32N4O3/c1-23(2,3)26-20(28)13-27-15-4-5-16(27)11-14(10-15)12-19-24-17-6-7-18-22(21(17)25-19)30-9-8-29-18/h6-7,14-16H,4-5,8-13H2,1-3H3,(H,24,25)(H,26,28)/t14-,15-,16+. The summed E-state index contributed by atoms with van der Waals surface area (Å²) in [4.78, 5) is 23.2. The fraction of sp³-hybridized carbons (Fsp3) is 0.652. The SMILES string of the molecule is CC(C)(C)NC(=O)CN1[C@@H]2CC[C@H]1C[C@H](Cc1nc3c4c(ccc3[nH]1)OCCO4)C2. The van der Waals surface area contributed by atoms with Crippen LogP contribution >= 0.6 is 0 Å². The molecule has 0 aliphatic carbocycles. The molecule has 5 rings (SSSR count). The Hall–Kier alpha value is -2.28. The highest BCUT2D eigenvalue weighted by Crippen LogP contribution is 2.40. The first kappa shape index (κ1) is 19.7. The Labute approximate surface area is 177 Å². The van der Waals surface area contributed by atoms with Gasteiger partial charge in [-0.1, -0.05) is 0 Å². The van der Waals surface area contributed by atoms with Gasteiger partial charge in [-0.3, -0.25) is 9.69 Å². The third kappa shape index (κ3) is 3.87. The number of nitrogens with one attached hydrogen (secondary N) is 2. The van der Waals surface area contributed by atoms with Crippen LogP contribution in [0.15, 0.2) is 12.1 Å². The van der Waals surface area contributed by atoms with Crippen molar-refractivity contribution >= 4 is 16.9 Å². The van der Waals surface area contributed by atoms with E-state index < -0.39 is 0 Å². The smallest absolute Gasteiger partial charge is 0.234 e. The van der Waals surface area contributed by atoms with Gasteiger partial charge in [-0.05, 0) is 64.5 Å². The predicted molar refractivity (Wildman–Crippen MR) is 115 cm³/mol. The van der Waals surface area contributed by atoms with E-state index in [1.54, 1.807) is 0 Å². The number of rotatable bonds is 4. The fourth-order valence-electron chi connectivity index (χ4n) is 5.44. The minimum atomic E-state index is -0.177. The molecule has 2 fully saturated rings. The average molecular weight is 413 g/mol. The number of carbonyl (C=O) groups excluding carboxylic acids is 1. The van der Waals surface area contributed by atoms with Gasteiger partial charge in [0.2, 0.25) is 5.91 Å². The van der Waals surface area contributed by atoms with E-state index in [1.807, 2.05) is 32.9 Å². The molecular formula is C23H32N4O3. The number of hydrogen-bond donors (Lipinski definition) is 2. The number of nitrogens with zero attached hydrogens (tertiary/aromatic N) is 2. The van der Waals surface area contributed by atoms with Crippen molar-refractivity contribution in [1.82, 2.24) is 20.2 Å². The summed E-state index contributed by atoms with van der Waals surface area (Å²) < 4.78 is 11.5. The monoisotopic (exact) mass is 412 g/mol. The maximum Gasteiger partial charge on any atom is 0.234 e. The van der Waals surface area contributed by atoms with Gasteiger partial charge in [0, 0.05) is 24.0 Å². The van der Waals surface area contributed by atoms with Crippen LogP contribution in [0.2, 0.25) is 0 Å². The minimum absolute atomic E-state index is 0.141. The molecule has 2 saturated heterocycles. The van der Waals surface area contributed by atoms with Gasteiger partial charge in [-0.15, -0.1) is 0 Å². The summed E-state index contributed by atoms with van der Waals surface area (Å²) in [7, 11) is 0.